The zero-order valence-electron chi connectivity index (χ0n) is 16.8. The number of rotatable bonds is 5. The van der Waals surface area contributed by atoms with Crippen LogP contribution in [0.15, 0.2) is 59.7 Å². The molecule has 1 N–H and O–H groups in total. The molecule has 3 amide bonds. The molecule has 2 aliphatic rings. The summed E-state index contributed by atoms with van der Waals surface area (Å²) in [5, 5.41) is 9.63. The number of piperidine rings is 1. The lowest BCUT2D eigenvalue weighted by molar-refractivity contribution is -0.134. The molecule has 7 heteroatoms. The second kappa shape index (κ2) is 9.30. The highest BCUT2D eigenvalue weighted by molar-refractivity contribution is 6.30. The van der Waals surface area contributed by atoms with Crippen molar-refractivity contribution >= 4 is 29.3 Å². The fourth-order valence-electron chi connectivity index (χ4n) is 3.94. The Morgan fingerprint density at radius 2 is 1.87 bits per heavy atom. The van der Waals surface area contributed by atoms with E-state index in [1.807, 2.05) is 47.4 Å². The largest absolute Gasteiger partial charge is 0.337 e. The van der Waals surface area contributed by atoms with Crippen LogP contribution in [0.2, 0.25) is 5.02 Å². The monoisotopic (exact) mass is 424 g/mol. The van der Waals surface area contributed by atoms with Crippen LogP contribution >= 0.6 is 11.6 Å². The molecule has 156 valence electrons. The minimum atomic E-state index is -0.246. The molecule has 0 bridgehead atoms. The van der Waals surface area contributed by atoms with Crippen LogP contribution in [0, 0.1) is 0 Å². The number of nitrogens with one attached hydrogen (secondary N) is 1. The maximum absolute atomic E-state index is 12.8. The van der Waals surface area contributed by atoms with Gasteiger partial charge in [0.25, 0.3) is 0 Å². The van der Waals surface area contributed by atoms with Gasteiger partial charge in [-0.25, -0.2) is 9.80 Å². The predicted molar refractivity (Wildman–Crippen MR) is 118 cm³/mol. The smallest absolute Gasteiger partial charge is 0.336 e. The lowest BCUT2D eigenvalue weighted by Gasteiger charge is -2.33. The molecule has 2 aromatic carbocycles. The molecular weight excluding hydrogens is 400 g/mol. The summed E-state index contributed by atoms with van der Waals surface area (Å²) in [5.74, 6) is 0.124. The number of hydrogen-bond acceptors (Lipinski definition) is 3. The number of hydrogen-bond donors (Lipinski definition) is 1. The van der Waals surface area contributed by atoms with Crippen molar-refractivity contribution in [2.24, 2.45) is 5.10 Å². The highest BCUT2D eigenvalue weighted by atomic mass is 35.5. The third kappa shape index (κ3) is 4.65. The van der Waals surface area contributed by atoms with Crippen LogP contribution in [0.25, 0.3) is 0 Å². The van der Waals surface area contributed by atoms with Crippen molar-refractivity contribution in [2.75, 3.05) is 19.6 Å². The zero-order chi connectivity index (χ0) is 20.9. The molecule has 0 radical (unpaired) electrons. The second-order valence-electron chi connectivity index (χ2n) is 7.60. The molecule has 1 unspecified atom stereocenters. The van der Waals surface area contributed by atoms with Gasteiger partial charge in [0.1, 0.15) is 0 Å². The Bertz CT molecular complexity index is 930. The van der Waals surface area contributed by atoms with Crippen LogP contribution in [0.3, 0.4) is 0 Å². The molecule has 0 saturated carbocycles. The molecule has 6 nitrogen and oxygen atoms in total. The Balaban J connectivity index is 1.48. The van der Waals surface area contributed by atoms with Gasteiger partial charge in [0.2, 0.25) is 5.91 Å². The number of urea groups is 1. The normalized spacial score (nSPS) is 19.0. The molecule has 1 atom stereocenters. The fraction of sp³-hybridized carbons (Fsp3) is 0.348. The molecule has 2 aliphatic heterocycles. The van der Waals surface area contributed by atoms with E-state index >= 15 is 0 Å². The van der Waals surface area contributed by atoms with Gasteiger partial charge in [-0.15, -0.1) is 0 Å². The summed E-state index contributed by atoms with van der Waals surface area (Å²) in [6.45, 7) is 1.58. The summed E-state index contributed by atoms with van der Waals surface area (Å²) < 4.78 is 0. The van der Waals surface area contributed by atoms with Gasteiger partial charge < -0.3 is 10.2 Å². The molecule has 30 heavy (non-hydrogen) atoms. The first-order chi connectivity index (χ1) is 14.6. The summed E-state index contributed by atoms with van der Waals surface area (Å²) in [4.78, 5) is 27.2. The van der Waals surface area contributed by atoms with E-state index < -0.39 is 0 Å². The van der Waals surface area contributed by atoms with Crippen LogP contribution in [0.4, 0.5) is 4.79 Å². The molecule has 0 spiro atoms. The first-order valence-corrected chi connectivity index (χ1v) is 10.7. The quantitative estimate of drug-likeness (QED) is 0.795. The van der Waals surface area contributed by atoms with E-state index in [1.165, 1.54) is 10.6 Å². The summed E-state index contributed by atoms with van der Waals surface area (Å²) in [6, 6.07) is 16.9. The van der Waals surface area contributed by atoms with E-state index in [1.54, 1.807) is 12.1 Å². The van der Waals surface area contributed by atoms with Gasteiger partial charge in [0.15, 0.2) is 0 Å². The van der Waals surface area contributed by atoms with Gasteiger partial charge in [-0.3, -0.25) is 4.79 Å². The number of likely N-dealkylation sites (tertiary alicyclic amines) is 1. The standard InChI is InChI=1S/C23H25ClN4O2/c24-19-11-9-18(10-12-19)22-20(27-15-5-4-8-21(27)29)16-28(26-22)23(30)25-14-13-17-6-2-1-3-7-17/h1-3,6-7,9-12,20H,4-5,8,13-16H2,(H,25,30). The molecular formula is C23H25ClN4O2. The lowest BCUT2D eigenvalue weighted by atomic mass is 10.00. The molecule has 2 aromatic rings. The Kier molecular flexibility index (Phi) is 6.33. The zero-order valence-corrected chi connectivity index (χ0v) is 17.5. The minimum absolute atomic E-state index is 0.124. The van der Waals surface area contributed by atoms with Gasteiger partial charge in [-0.05, 0) is 37.0 Å². The third-order valence-electron chi connectivity index (χ3n) is 5.53. The summed E-state index contributed by atoms with van der Waals surface area (Å²) >= 11 is 6.03. The maximum Gasteiger partial charge on any atom is 0.337 e. The van der Waals surface area contributed by atoms with Crippen LogP contribution in [-0.2, 0) is 11.2 Å². The number of carbonyl (C=O) groups is 2. The number of benzene rings is 2. The van der Waals surface area contributed by atoms with E-state index in [2.05, 4.69) is 10.4 Å². The average molecular weight is 425 g/mol. The van der Waals surface area contributed by atoms with Crippen molar-refractivity contribution < 1.29 is 9.59 Å². The van der Waals surface area contributed by atoms with Gasteiger partial charge >= 0.3 is 6.03 Å². The maximum atomic E-state index is 12.8. The van der Waals surface area contributed by atoms with Crippen molar-refractivity contribution in [3.63, 3.8) is 0 Å². The van der Waals surface area contributed by atoms with E-state index in [4.69, 9.17) is 11.6 Å². The molecule has 4 rings (SSSR count). The van der Waals surface area contributed by atoms with Gasteiger partial charge in [-0.2, -0.15) is 5.10 Å². The van der Waals surface area contributed by atoms with Crippen molar-refractivity contribution in [3.8, 4) is 0 Å². The molecule has 1 saturated heterocycles. The topological polar surface area (TPSA) is 65.0 Å². The van der Waals surface area contributed by atoms with E-state index in [9.17, 15) is 9.59 Å². The van der Waals surface area contributed by atoms with Gasteiger partial charge in [0, 0.05) is 30.1 Å². The second-order valence-corrected chi connectivity index (χ2v) is 8.04. The SMILES string of the molecule is O=C(NCCc1ccccc1)N1CC(N2CCCCC2=O)C(c2ccc(Cl)cc2)=N1. The van der Waals surface area contributed by atoms with Crippen LogP contribution in [0.5, 0.6) is 0 Å². The lowest BCUT2D eigenvalue weighted by Crippen LogP contribution is -2.50. The van der Waals surface area contributed by atoms with Crippen LogP contribution < -0.4 is 5.32 Å². The highest BCUT2D eigenvalue weighted by Gasteiger charge is 2.38. The number of nitrogens with zero attached hydrogens (tertiary/aromatic N) is 3. The van der Waals surface area contributed by atoms with Crippen molar-refractivity contribution in [2.45, 2.75) is 31.7 Å². The van der Waals surface area contributed by atoms with Crippen LogP contribution in [-0.4, -0.2) is 53.2 Å². The summed E-state index contributed by atoms with van der Waals surface area (Å²) in [6.07, 6.45) is 3.19. The first-order valence-electron chi connectivity index (χ1n) is 10.3. The van der Waals surface area contributed by atoms with E-state index in [0.717, 1.165) is 30.5 Å². The Morgan fingerprint density at radius 3 is 2.60 bits per heavy atom. The van der Waals surface area contributed by atoms with Crippen molar-refractivity contribution in [1.29, 1.82) is 0 Å². The summed E-state index contributed by atoms with van der Waals surface area (Å²) in [5.41, 5.74) is 2.78. The van der Waals surface area contributed by atoms with E-state index in [-0.39, 0.29) is 18.0 Å². The number of hydrazone groups is 1. The molecule has 2 heterocycles. The molecule has 1 fully saturated rings. The highest BCUT2D eigenvalue weighted by Crippen LogP contribution is 2.24. The fourth-order valence-corrected chi connectivity index (χ4v) is 4.07. The summed E-state index contributed by atoms with van der Waals surface area (Å²) in [7, 11) is 0. The minimum Gasteiger partial charge on any atom is -0.336 e. The average Bonchev–Trinajstić information content (AvgIpc) is 3.20. The Labute approximate surface area is 181 Å². The van der Waals surface area contributed by atoms with Gasteiger partial charge in [0.05, 0.1) is 18.3 Å². The molecule has 0 aliphatic carbocycles. The predicted octanol–water partition coefficient (Wildman–Crippen LogP) is 3.69. The number of amides is 3. The molecule has 0 aromatic heterocycles. The van der Waals surface area contributed by atoms with Gasteiger partial charge in [-0.1, -0.05) is 54.1 Å². The third-order valence-corrected chi connectivity index (χ3v) is 5.79. The Hall–Kier alpha value is -2.86. The van der Waals surface area contributed by atoms with Crippen molar-refractivity contribution in [1.82, 2.24) is 15.2 Å². The number of carbonyl (C=O) groups excluding carboxylic acids is 2. The van der Waals surface area contributed by atoms with E-state index in [0.29, 0.717) is 31.1 Å². The van der Waals surface area contributed by atoms with Crippen molar-refractivity contribution in [3.05, 3.63) is 70.7 Å². The van der Waals surface area contributed by atoms with Crippen LogP contribution in [0.1, 0.15) is 30.4 Å². The Morgan fingerprint density at radius 1 is 1.10 bits per heavy atom. The number of halogens is 1. The first kappa shape index (κ1) is 20.4.